The summed E-state index contributed by atoms with van der Waals surface area (Å²) in [7, 11) is 0. The number of rotatable bonds is 5. The number of amides is 1. The third-order valence-electron chi connectivity index (χ3n) is 3.60. The minimum absolute atomic E-state index is 0. The summed E-state index contributed by atoms with van der Waals surface area (Å²) in [5.41, 5.74) is 7.00. The Balaban J connectivity index is 0.00000338. The number of alkyl halides is 2. The molecule has 2 aromatic rings. The zero-order valence-corrected chi connectivity index (χ0v) is 16.5. The summed E-state index contributed by atoms with van der Waals surface area (Å²) in [6, 6.07) is 5.53. The minimum Gasteiger partial charge on any atom is -0.435 e. The highest BCUT2D eigenvalue weighted by Crippen LogP contribution is 2.32. The molecule has 0 radical (unpaired) electrons. The standard InChI is InChI=1S/C17H21F2N3O2S.ClH/c1-9-12(10-5-7-11(8-6-10)24-15(18)19)21-16(25-9)22-14(23)13(20)17(2,3)4;/h5-8,13,15H,20H2,1-4H3,(H,21,22,23);1H/t13-;/m1./s1. The lowest BCUT2D eigenvalue weighted by Gasteiger charge is -2.25. The number of ether oxygens (including phenoxy) is 1. The number of hydrogen-bond acceptors (Lipinski definition) is 5. The normalized spacial score (nSPS) is 12.5. The van der Waals surface area contributed by atoms with Gasteiger partial charge in [0.1, 0.15) is 5.75 Å². The predicted octanol–water partition coefficient (Wildman–Crippen LogP) is 4.45. The van der Waals surface area contributed by atoms with Crippen molar-refractivity contribution in [2.24, 2.45) is 11.1 Å². The molecule has 0 unspecified atom stereocenters. The van der Waals surface area contributed by atoms with Gasteiger partial charge in [0.25, 0.3) is 0 Å². The van der Waals surface area contributed by atoms with Crippen LogP contribution in [-0.2, 0) is 4.79 Å². The molecule has 5 nitrogen and oxygen atoms in total. The molecule has 26 heavy (non-hydrogen) atoms. The summed E-state index contributed by atoms with van der Waals surface area (Å²) in [6.45, 7) is 4.67. The Bertz CT molecular complexity index is 745. The second-order valence-corrected chi connectivity index (χ2v) is 7.86. The third kappa shape index (κ3) is 5.62. The molecule has 0 saturated heterocycles. The Morgan fingerprint density at radius 3 is 2.35 bits per heavy atom. The number of hydrogen-bond donors (Lipinski definition) is 2. The molecule has 9 heteroatoms. The first-order valence-corrected chi connectivity index (χ1v) is 8.48. The lowest BCUT2D eigenvalue weighted by Crippen LogP contribution is -2.45. The van der Waals surface area contributed by atoms with E-state index in [1.165, 1.54) is 23.5 Å². The molecule has 1 heterocycles. The maximum Gasteiger partial charge on any atom is 0.387 e. The fourth-order valence-electron chi connectivity index (χ4n) is 2.09. The van der Waals surface area contributed by atoms with E-state index in [4.69, 9.17) is 5.73 Å². The highest BCUT2D eigenvalue weighted by molar-refractivity contribution is 7.16. The van der Waals surface area contributed by atoms with Crippen molar-refractivity contribution in [1.82, 2.24) is 4.98 Å². The molecule has 2 rings (SSSR count). The predicted molar refractivity (Wildman–Crippen MR) is 102 cm³/mol. The van der Waals surface area contributed by atoms with Crippen LogP contribution in [-0.4, -0.2) is 23.5 Å². The van der Waals surface area contributed by atoms with E-state index >= 15 is 0 Å². The van der Waals surface area contributed by atoms with Crippen molar-refractivity contribution in [3.05, 3.63) is 29.1 Å². The highest BCUT2D eigenvalue weighted by Gasteiger charge is 2.28. The van der Waals surface area contributed by atoms with Crippen LogP contribution in [0.3, 0.4) is 0 Å². The molecule has 0 fully saturated rings. The molecule has 1 atom stereocenters. The largest absolute Gasteiger partial charge is 0.435 e. The SMILES string of the molecule is Cc1sc(NC(=O)[C@@H](N)C(C)(C)C)nc1-c1ccc(OC(F)F)cc1.Cl. The van der Waals surface area contributed by atoms with Gasteiger partial charge in [-0.05, 0) is 36.6 Å². The van der Waals surface area contributed by atoms with Gasteiger partial charge < -0.3 is 15.8 Å². The fourth-order valence-corrected chi connectivity index (χ4v) is 2.93. The fraction of sp³-hybridized carbons (Fsp3) is 0.412. The van der Waals surface area contributed by atoms with Crippen molar-refractivity contribution in [3.63, 3.8) is 0 Å². The Morgan fingerprint density at radius 1 is 1.27 bits per heavy atom. The lowest BCUT2D eigenvalue weighted by atomic mass is 9.87. The summed E-state index contributed by atoms with van der Waals surface area (Å²) >= 11 is 1.33. The number of nitrogens with two attached hydrogens (primary N) is 1. The molecular formula is C17H22ClF2N3O2S. The van der Waals surface area contributed by atoms with E-state index in [-0.39, 0.29) is 29.5 Å². The number of thiazole rings is 1. The number of halogens is 3. The molecule has 0 saturated carbocycles. The first kappa shape index (κ1) is 22.3. The summed E-state index contributed by atoms with van der Waals surface area (Å²) in [5, 5.41) is 3.19. The van der Waals surface area contributed by atoms with Crippen LogP contribution in [0.15, 0.2) is 24.3 Å². The van der Waals surface area contributed by atoms with E-state index < -0.39 is 12.7 Å². The molecule has 1 aromatic carbocycles. The number of benzene rings is 1. The molecule has 0 aliphatic carbocycles. The summed E-state index contributed by atoms with van der Waals surface area (Å²) in [5.74, 6) is -0.218. The smallest absolute Gasteiger partial charge is 0.387 e. The molecule has 0 spiro atoms. The number of nitrogens with zero attached hydrogens (tertiary/aromatic N) is 1. The maximum absolute atomic E-state index is 12.2. The molecule has 0 aliphatic rings. The average molecular weight is 406 g/mol. The molecule has 144 valence electrons. The molecule has 0 bridgehead atoms. The van der Waals surface area contributed by atoms with Crippen LogP contribution in [0.2, 0.25) is 0 Å². The van der Waals surface area contributed by atoms with Gasteiger partial charge >= 0.3 is 6.61 Å². The second kappa shape index (κ2) is 8.75. The van der Waals surface area contributed by atoms with Gasteiger partial charge in [-0.2, -0.15) is 8.78 Å². The van der Waals surface area contributed by atoms with Gasteiger partial charge in [0.2, 0.25) is 5.91 Å². The number of nitrogens with one attached hydrogen (secondary N) is 1. The summed E-state index contributed by atoms with van der Waals surface area (Å²) in [6.07, 6.45) is 0. The summed E-state index contributed by atoms with van der Waals surface area (Å²) < 4.78 is 28.7. The summed E-state index contributed by atoms with van der Waals surface area (Å²) in [4.78, 5) is 17.5. The zero-order valence-electron chi connectivity index (χ0n) is 14.9. The van der Waals surface area contributed by atoms with E-state index in [9.17, 15) is 13.6 Å². The molecule has 1 amide bonds. The number of aromatic nitrogens is 1. The number of carbonyl (C=O) groups is 1. The molecule has 0 aliphatic heterocycles. The van der Waals surface area contributed by atoms with Gasteiger partial charge in [0.05, 0.1) is 11.7 Å². The van der Waals surface area contributed by atoms with E-state index in [0.29, 0.717) is 10.8 Å². The quantitative estimate of drug-likeness (QED) is 0.770. The maximum atomic E-state index is 12.2. The van der Waals surface area contributed by atoms with E-state index in [1.54, 1.807) is 12.1 Å². The Morgan fingerprint density at radius 2 is 1.85 bits per heavy atom. The van der Waals surface area contributed by atoms with Crippen molar-refractivity contribution in [2.75, 3.05) is 5.32 Å². The highest BCUT2D eigenvalue weighted by atomic mass is 35.5. The first-order chi connectivity index (χ1) is 11.6. The number of anilines is 1. The van der Waals surface area contributed by atoms with Gasteiger partial charge in [0, 0.05) is 10.4 Å². The minimum atomic E-state index is -2.86. The van der Waals surface area contributed by atoms with Crippen molar-refractivity contribution >= 4 is 34.8 Å². The topological polar surface area (TPSA) is 77.2 Å². The van der Waals surface area contributed by atoms with Crippen molar-refractivity contribution in [3.8, 4) is 17.0 Å². The van der Waals surface area contributed by atoms with E-state index in [2.05, 4.69) is 15.0 Å². The van der Waals surface area contributed by atoms with Crippen LogP contribution in [0.1, 0.15) is 25.6 Å². The molecular weight excluding hydrogens is 384 g/mol. The van der Waals surface area contributed by atoms with Gasteiger partial charge in [-0.1, -0.05) is 20.8 Å². The Hall–Kier alpha value is -1.77. The molecule has 1 aromatic heterocycles. The van der Waals surface area contributed by atoms with Crippen LogP contribution in [0.4, 0.5) is 13.9 Å². The van der Waals surface area contributed by atoms with Crippen LogP contribution in [0, 0.1) is 12.3 Å². The van der Waals surface area contributed by atoms with Crippen LogP contribution in [0.25, 0.3) is 11.3 Å². The average Bonchev–Trinajstić information content (AvgIpc) is 2.86. The Kier molecular flexibility index (Phi) is 7.49. The van der Waals surface area contributed by atoms with Crippen molar-refractivity contribution in [2.45, 2.75) is 40.3 Å². The van der Waals surface area contributed by atoms with Crippen molar-refractivity contribution < 1.29 is 18.3 Å². The van der Waals surface area contributed by atoms with Crippen LogP contribution in [0.5, 0.6) is 5.75 Å². The van der Waals surface area contributed by atoms with Gasteiger partial charge in [-0.25, -0.2) is 4.98 Å². The van der Waals surface area contributed by atoms with Gasteiger partial charge in [-0.15, -0.1) is 23.7 Å². The number of aryl methyl sites for hydroxylation is 1. The van der Waals surface area contributed by atoms with E-state index in [0.717, 1.165) is 10.4 Å². The van der Waals surface area contributed by atoms with Crippen molar-refractivity contribution in [1.29, 1.82) is 0 Å². The van der Waals surface area contributed by atoms with Crippen LogP contribution >= 0.6 is 23.7 Å². The number of carbonyl (C=O) groups excluding carboxylic acids is 1. The van der Waals surface area contributed by atoms with Gasteiger partial charge in [-0.3, -0.25) is 4.79 Å². The van der Waals surface area contributed by atoms with E-state index in [1.807, 2.05) is 27.7 Å². The first-order valence-electron chi connectivity index (χ1n) is 7.67. The van der Waals surface area contributed by atoms with Gasteiger partial charge in [0.15, 0.2) is 5.13 Å². The third-order valence-corrected chi connectivity index (χ3v) is 4.48. The lowest BCUT2D eigenvalue weighted by molar-refractivity contribution is -0.119. The zero-order chi connectivity index (χ0) is 18.8. The van der Waals surface area contributed by atoms with Crippen LogP contribution < -0.4 is 15.8 Å². The monoisotopic (exact) mass is 405 g/mol. The Labute approximate surface area is 161 Å². The second-order valence-electron chi connectivity index (χ2n) is 6.66. The molecule has 3 N–H and O–H groups in total.